The third kappa shape index (κ3) is 6.25. The van der Waals surface area contributed by atoms with Gasteiger partial charge in [-0.3, -0.25) is 4.79 Å². The van der Waals surface area contributed by atoms with Gasteiger partial charge in [0.2, 0.25) is 0 Å². The van der Waals surface area contributed by atoms with E-state index in [0.717, 1.165) is 16.8 Å². The smallest absolute Gasteiger partial charge is 0.343 e. The molecule has 0 spiro atoms. The minimum absolute atomic E-state index is 0.0545. The molecule has 0 atom stereocenters. The lowest BCUT2D eigenvalue weighted by atomic mass is 10.0. The van der Waals surface area contributed by atoms with Crippen LogP contribution in [0, 0.1) is 11.3 Å². The SMILES string of the molecule is N#C/C(=C\c1ccc(OC(=O)c2ccc3nc(-c4ccccc4)c(-c4ccccc4)nc3c2)cc1)C(=O)Nc1ccccc1. The van der Waals surface area contributed by atoms with Crippen molar-refractivity contribution < 1.29 is 14.3 Å². The molecule has 0 saturated heterocycles. The van der Waals surface area contributed by atoms with E-state index < -0.39 is 11.9 Å². The summed E-state index contributed by atoms with van der Waals surface area (Å²) in [6.45, 7) is 0. The Balaban J connectivity index is 1.22. The van der Waals surface area contributed by atoms with Crippen LogP contribution in [0.25, 0.3) is 39.6 Å². The van der Waals surface area contributed by atoms with Crippen LogP contribution in [0.4, 0.5) is 5.69 Å². The molecule has 0 bridgehead atoms. The second-order valence-electron chi connectivity index (χ2n) is 9.80. The lowest BCUT2D eigenvalue weighted by Crippen LogP contribution is -2.13. The first-order valence-electron chi connectivity index (χ1n) is 13.8. The number of rotatable bonds is 7. The molecule has 6 rings (SSSR count). The van der Waals surface area contributed by atoms with Gasteiger partial charge >= 0.3 is 5.97 Å². The number of hydrogen-bond acceptors (Lipinski definition) is 6. The molecule has 0 saturated carbocycles. The lowest BCUT2D eigenvalue weighted by molar-refractivity contribution is -0.112. The lowest BCUT2D eigenvalue weighted by Gasteiger charge is -2.11. The van der Waals surface area contributed by atoms with Crippen molar-refractivity contribution in [2.24, 2.45) is 0 Å². The van der Waals surface area contributed by atoms with Crippen molar-refractivity contribution in [3.05, 3.63) is 150 Å². The van der Waals surface area contributed by atoms with Gasteiger partial charge in [0.15, 0.2) is 0 Å². The van der Waals surface area contributed by atoms with Gasteiger partial charge in [-0.15, -0.1) is 0 Å². The quantitative estimate of drug-likeness (QED) is 0.0908. The Bertz CT molecular complexity index is 2040. The van der Waals surface area contributed by atoms with E-state index in [2.05, 4.69) is 5.32 Å². The van der Waals surface area contributed by atoms with Crippen LogP contribution in [0.5, 0.6) is 5.75 Å². The van der Waals surface area contributed by atoms with E-state index in [0.29, 0.717) is 39.3 Å². The summed E-state index contributed by atoms with van der Waals surface area (Å²) in [5.41, 5.74) is 6.02. The van der Waals surface area contributed by atoms with E-state index in [1.54, 1.807) is 66.7 Å². The minimum atomic E-state index is -0.551. The Morgan fingerprint density at radius 1 is 0.682 bits per heavy atom. The van der Waals surface area contributed by atoms with E-state index in [9.17, 15) is 14.9 Å². The van der Waals surface area contributed by atoms with Gasteiger partial charge in [0, 0.05) is 16.8 Å². The van der Waals surface area contributed by atoms with Crippen molar-refractivity contribution in [2.75, 3.05) is 5.32 Å². The number of amides is 1. The number of aromatic nitrogens is 2. The van der Waals surface area contributed by atoms with Crippen LogP contribution < -0.4 is 10.1 Å². The molecule has 1 heterocycles. The molecule has 0 aliphatic rings. The molecule has 5 aromatic carbocycles. The summed E-state index contributed by atoms with van der Waals surface area (Å²) in [4.78, 5) is 35.5. The maximum Gasteiger partial charge on any atom is 0.343 e. The van der Waals surface area contributed by atoms with Gasteiger partial charge in [-0.2, -0.15) is 5.26 Å². The van der Waals surface area contributed by atoms with Crippen LogP contribution in [0.15, 0.2) is 139 Å². The first-order chi connectivity index (χ1) is 21.6. The van der Waals surface area contributed by atoms with E-state index in [4.69, 9.17) is 14.7 Å². The molecule has 1 aromatic heterocycles. The summed E-state index contributed by atoms with van der Waals surface area (Å²) < 4.78 is 5.62. The molecule has 0 radical (unpaired) electrons. The van der Waals surface area contributed by atoms with Gasteiger partial charge in [0.1, 0.15) is 17.4 Å². The molecule has 44 heavy (non-hydrogen) atoms. The Kier molecular flexibility index (Phi) is 7.97. The monoisotopic (exact) mass is 572 g/mol. The number of ether oxygens (including phenoxy) is 1. The standard InChI is InChI=1S/C37H24N4O3/c38-24-29(36(42)39-30-14-8-3-9-15-30)22-25-16-19-31(20-17-25)44-37(43)28-18-21-32-33(23-28)41-35(27-12-6-2-7-13-27)34(40-32)26-10-4-1-5-11-26/h1-23H,(H,39,42)/b29-22+. The zero-order valence-electron chi connectivity index (χ0n) is 23.3. The number of hydrogen-bond donors (Lipinski definition) is 1. The van der Waals surface area contributed by atoms with Crippen LogP contribution in [-0.2, 0) is 4.79 Å². The summed E-state index contributed by atoms with van der Waals surface area (Å²) in [5, 5.41) is 12.2. The number of nitrogens with zero attached hydrogens (tertiary/aromatic N) is 3. The Labute approximate surface area is 253 Å². The molecule has 0 fully saturated rings. The third-order valence-corrected chi connectivity index (χ3v) is 6.79. The van der Waals surface area contributed by atoms with E-state index in [1.165, 1.54) is 6.08 Å². The molecule has 7 heteroatoms. The maximum absolute atomic E-state index is 13.1. The molecule has 7 nitrogen and oxygen atoms in total. The fraction of sp³-hybridized carbons (Fsp3) is 0. The van der Waals surface area contributed by atoms with Crippen molar-refractivity contribution in [3.8, 4) is 34.3 Å². The van der Waals surface area contributed by atoms with Crippen LogP contribution in [0.3, 0.4) is 0 Å². The average Bonchev–Trinajstić information content (AvgIpc) is 3.08. The Morgan fingerprint density at radius 2 is 1.25 bits per heavy atom. The van der Waals surface area contributed by atoms with Crippen molar-refractivity contribution >= 4 is 34.7 Å². The fourth-order valence-corrected chi connectivity index (χ4v) is 4.61. The number of carbonyl (C=O) groups is 2. The minimum Gasteiger partial charge on any atom is -0.423 e. The highest BCUT2D eigenvalue weighted by atomic mass is 16.5. The predicted octanol–water partition coefficient (Wildman–Crippen LogP) is 7.73. The number of para-hydroxylation sites is 1. The summed E-state index contributed by atoms with van der Waals surface area (Å²) >= 11 is 0. The molecule has 210 valence electrons. The molecule has 0 unspecified atom stereocenters. The molecule has 1 N–H and O–H groups in total. The number of esters is 1. The van der Waals surface area contributed by atoms with E-state index in [-0.39, 0.29) is 5.57 Å². The number of nitrogens with one attached hydrogen (secondary N) is 1. The van der Waals surface area contributed by atoms with Crippen LogP contribution >= 0.6 is 0 Å². The molecule has 0 aliphatic heterocycles. The summed E-state index contributed by atoms with van der Waals surface area (Å²) in [7, 11) is 0. The highest BCUT2D eigenvalue weighted by molar-refractivity contribution is 6.09. The van der Waals surface area contributed by atoms with Gasteiger partial charge in [-0.25, -0.2) is 14.8 Å². The number of nitriles is 1. The number of anilines is 1. The normalized spacial score (nSPS) is 11.0. The zero-order chi connectivity index (χ0) is 30.3. The highest BCUT2D eigenvalue weighted by Crippen LogP contribution is 2.31. The largest absolute Gasteiger partial charge is 0.423 e. The van der Waals surface area contributed by atoms with Crippen LogP contribution in [0.1, 0.15) is 15.9 Å². The van der Waals surface area contributed by atoms with Gasteiger partial charge in [-0.1, -0.05) is 91.0 Å². The second kappa shape index (κ2) is 12.6. The molecule has 0 aliphatic carbocycles. The van der Waals surface area contributed by atoms with Crippen molar-refractivity contribution in [1.29, 1.82) is 5.26 Å². The summed E-state index contributed by atoms with van der Waals surface area (Å²) in [5.74, 6) is -0.750. The fourth-order valence-electron chi connectivity index (χ4n) is 4.61. The third-order valence-electron chi connectivity index (χ3n) is 6.79. The van der Waals surface area contributed by atoms with Crippen LogP contribution in [0.2, 0.25) is 0 Å². The zero-order valence-corrected chi connectivity index (χ0v) is 23.3. The van der Waals surface area contributed by atoms with Crippen molar-refractivity contribution in [3.63, 3.8) is 0 Å². The summed E-state index contributed by atoms with van der Waals surface area (Å²) in [6, 6.07) is 42.2. The van der Waals surface area contributed by atoms with E-state index in [1.807, 2.05) is 72.8 Å². The van der Waals surface area contributed by atoms with Gasteiger partial charge < -0.3 is 10.1 Å². The molecular weight excluding hydrogens is 548 g/mol. The number of carbonyl (C=O) groups excluding carboxylic acids is 2. The summed E-state index contributed by atoms with van der Waals surface area (Å²) in [6.07, 6.45) is 1.47. The second-order valence-corrected chi connectivity index (χ2v) is 9.80. The molecule has 1 amide bonds. The molecule has 6 aromatic rings. The topological polar surface area (TPSA) is 105 Å². The molecular formula is C37H24N4O3. The Morgan fingerprint density at radius 3 is 1.84 bits per heavy atom. The first kappa shape index (κ1) is 27.8. The van der Waals surface area contributed by atoms with Gasteiger partial charge in [0.25, 0.3) is 5.91 Å². The number of benzene rings is 5. The van der Waals surface area contributed by atoms with Gasteiger partial charge in [0.05, 0.1) is 28.0 Å². The van der Waals surface area contributed by atoms with Crippen LogP contribution in [-0.4, -0.2) is 21.8 Å². The van der Waals surface area contributed by atoms with Crippen molar-refractivity contribution in [1.82, 2.24) is 9.97 Å². The van der Waals surface area contributed by atoms with Gasteiger partial charge in [-0.05, 0) is 54.1 Å². The number of fused-ring (bicyclic) bond motifs is 1. The average molecular weight is 573 g/mol. The Hall–Kier alpha value is -6.39. The van der Waals surface area contributed by atoms with Crippen molar-refractivity contribution in [2.45, 2.75) is 0 Å². The first-order valence-corrected chi connectivity index (χ1v) is 13.8. The predicted molar refractivity (Wildman–Crippen MR) is 170 cm³/mol. The maximum atomic E-state index is 13.1. The van der Waals surface area contributed by atoms with E-state index >= 15 is 0 Å². The highest BCUT2D eigenvalue weighted by Gasteiger charge is 2.16.